The van der Waals surface area contributed by atoms with Crippen LogP contribution in [0.25, 0.3) is 0 Å². The molecule has 8 heteroatoms. The van der Waals surface area contributed by atoms with Crippen LogP contribution in [0.1, 0.15) is 139 Å². The van der Waals surface area contributed by atoms with Gasteiger partial charge in [0.1, 0.15) is 6.10 Å². The van der Waals surface area contributed by atoms with Crippen molar-refractivity contribution in [3.05, 3.63) is 0 Å². The summed E-state index contributed by atoms with van der Waals surface area (Å²) < 4.78 is 12.4. The van der Waals surface area contributed by atoms with Gasteiger partial charge in [-0.25, -0.2) is 0 Å². The molecule has 5 aliphatic carbocycles. The minimum Gasteiger partial charge on any atom is -0.481 e. The predicted octanol–water partition coefficient (Wildman–Crippen LogP) is 6.76. The topological polar surface area (TPSA) is 134 Å². The molecule has 5 saturated carbocycles. The number of unbranched alkanes of at least 4 members (excludes halogenated alkanes) is 1. The third-order valence-corrected chi connectivity index (χ3v) is 12.9. The number of ether oxygens (including phenoxy) is 2. The van der Waals surface area contributed by atoms with Crippen LogP contribution >= 0.6 is 0 Å². The van der Waals surface area contributed by atoms with Crippen LogP contribution in [0.15, 0.2) is 0 Å². The van der Waals surface area contributed by atoms with Gasteiger partial charge in [-0.15, -0.1) is 0 Å². The number of hydrogen-bond acceptors (Lipinski definition) is 7. The van der Waals surface area contributed by atoms with E-state index in [0.29, 0.717) is 23.9 Å². The van der Waals surface area contributed by atoms with Gasteiger partial charge in [0.25, 0.3) is 5.97 Å². The summed E-state index contributed by atoms with van der Waals surface area (Å²) in [6.45, 7) is 18.3. The molecule has 0 bridgehead atoms. The minimum absolute atomic E-state index is 0.00528. The average Bonchev–Trinajstić information content (AvgIpc) is 3.58. The molecule has 5 aliphatic rings. The molecule has 0 heterocycles. The van der Waals surface area contributed by atoms with Gasteiger partial charge < -0.3 is 29.9 Å². The van der Waals surface area contributed by atoms with Crippen LogP contribution in [0.2, 0.25) is 0 Å². The van der Waals surface area contributed by atoms with E-state index < -0.39 is 17.7 Å². The summed E-state index contributed by atoms with van der Waals surface area (Å²) in [5.74, 6) is 0.332. The van der Waals surface area contributed by atoms with E-state index in [4.69, 9.17) is 19.4 Å². The molecule has 0 amide bonds. The smallest absolute Gasteiger partial charge is 0.300 e. The summed E-state index contributed by atoms with van der Waals surface area (Å²) in [5.41, 5.74) is -0.165. The summed E-state index contributed by atoms with van der Waals surface area (Å²) in [6, 6.07) is 0. The molecule has 10 unspecified atom stereocenters. The van der Waals surface area contributed by atoms with Gasteiger partial charge in [-0.05, 0) is 117 Å². The normalized spacial score (nSPS) is 39.9. The third kappa shape index (κ3) is 7.21. The number of carbonyl (C=O) groups excluding carboxylic acids is 1. The maximum Gasteiger partial charge on any atom is 0.300 e. The monoisotopic (exact) mass is 638 g/mol. The summed E-state index contributed by atoms with van der Waals surface area (Å²) in [6.07, 6.45) is 11.3. The Bertz CT molecular complexity index is 1000. The van der Waals surface area contributed by atoms with Crippen LogP contribution in [0.5, 0.6) is 0 Å². The zero-order chi connectivity index (χ0) is 34.0. The van der Waals surface area contributed by atoms with Crippen molar-refractivity contribution in [1.82, 2.24) is 0 Å². The van der Waals surface area contributed by atoms with E-state index in [1.165, 1.54) is 19.3 Å². The number of carbonyl (C=O) groups is 2. The van der Waals surface area contributed by atoms with Gasteiger partial charge in [0.15, 0.2) is 12.1 Å². The fraction of sp³-hybridized carbons (Fsp3) is 0.946. The highest BCUT2D eigenvalue weighted by Crippen LogP contribution is 2.86. The van der Waals surface area contributed by atoms with E-state index in [2.05, 4.69) is 27.7 Å². The van der Waals surface area contributed by atoms with Gasteiger partial charge >= 0.3 is 0 Å². The summed E-state index contributed by atoms with van der Waals surface area (Å²) in [5, 5.41) is 38.0. The van der Waals surface area contributed by atoms with Gasteiger partial charge in [-0.3, -0.25) is 9.59 Å². The van der Waals surface area contributed by atoms with E-state index in [9.17, 15) is 20.1 Å². The first-order valence-electron chi connectivity index (χ1n) is 18.0. The van der Waals surface area contributed by atoms with Crippen molar-refractivity contribution in [1.29, 1.82) is 0 Å². The Morgan fingerprint density at radius 1 is 1.04 bits per heavy atom. The highest BCUT2D eigenvalue weighted by Gasteiger charge is 2.81. The zero-order valence-electron chi connectivity index (χ0n) is 29.9. The van der Waals surface area contributed by atoms with Crippen LogP contribution in [0.4, 0.5) is 0 Å². The average molecular weight is 639 g/mol. The molecule has 45 heavy (non-hydrogen) atoms. The molecule has 0 saturated heterocycles. The fourth-order valence-corrected chi connectivity index (χ4v) is 11.0. The number of ketones is 1. The largest absolute Gasteiger partial charge is 0.481 e. The summed E-state index contributed by atoms with van der Waals surface area (Å²) in [4.78, 5) is 22.8. The lowest BCUT2D eigenvalue weighted by Crippen LogP contribution is -2.55. The Morgan fingerprint density at radius 2 is 1.69 bits per heavy atom. The number of rotatable bonds is 11. The quantitative estimate of drug-likeness (QED) is 0.144. The number of Topliss-reactive ketones (excluding diaryl/α,β-unsaturated/α-hetero) is 1. The molecular formula is C37H66O8. The number of aliphatic hydroxyl groups excluding tert-OH is 2. The highest BCUT2D eigenvalue weighted by atomic mass is 16.7. The number of aliphatic hydroxyl groups is 3. The number of carboxylic acid groups (broad SMARTS) is 1. The van der Waals surface area contributed by atoms with Crippen molar-refractivity contribution in [3.63, 3.8) is 0 Å². The first kappa shape index (κ1) is 38.4. The van der Waals surface area contributed by atoms with Crippen molar-refractivity contribution >= 4 is 11.8 Å². The Morgan fingerprint density at radius 3 is 2.27 bits per heavy atom. The van der Waals surface area contributed by atoms with Crippen molar-refractivity contribution < 1.29 is 39.5 Å². The lowest BCUT2D eigenvalue weighted by atomic mass is 9.46. The fourth-order valence-electron chi connectivity index (χ4n) is 11.0. The Labute approximate surface area is 273 Å². The summed E-state index contributed by atoms with van der Waals surface area (Å²) >= 11 is 0. The lowest BCUT2D eigenvalue weighted by Gasteiger charge is -2.59. The first-order valence-corrected chi connectivity index (χ1v) is 18.0. The van der Waals surface area contributed by atoms with E-state index >= 15 is 0 Å². The van der Waals surface area contributed by atoms with Gasteiger partial charge in [0.05, 0.1) is 24.9 Å². The molecule has 0 aromatic heterocycles. The summed E-state index contributed by atoms with van der Waals surface area (Å²) in [7, 11) is 0. The number of aliphatic carboxylic acids is 1. The van der Waals surface area contributed by atoms with E-state index in [0.717, 1.165) is 64.7 Å². The molecule has 4 N–H and O–H groups in total. The number of hydrogen-bond donors (Lipinski definition) is 4. The van der Waals surface area contributed by atoms with E-state index in [1.807, 2.05) is 27.7 Å². The Balaban J connectivity index is 0.000000853. The molecule has 262 valence electrons. The van der Waals surface area contributed by atoms with Crippen molar-refractivity contribution in [2.24, 2.45) is 45.3 Å². The Hall–Kier alpha value is -1.06. The zero-order valence-corrected chi connectivity index (χ0v) is 29.9. The van der Waals surface area contributed by atoms with Gasteiger partial charge in [0, 0.05) is 12.8 Å². The second-order valence-corrected chi connectivity index (χ2v) is 16.2. The van der Waals surface area contributed by atoms with Gasteiger partial charge in [-0.2, -0.15) is 0 Å². The maximum atomic E-state index is 13.8. The van der Waals surface area contributed by atoms with Crippen LogP contribution in [-0.4, -0.2) is 69.5 Å². The number of carboxylic acids is 1. The molecule has 10 atom stereocenters. The van der Waals surface area contributed by atoms with Crippen LogP contribution < -0.4 is 0 Å². The maximum absolute atomic E-state index is 13.8. The lowest BCUT2D eigenvalue weighted by molar-refractivity contribution is -0.229. The Kier molecular flexibility index (Phi) is 12.4. The molecule has 2 spiro atoms. The van der Waals surface area contributed by atoms with Gasteiger partial charge in [0.2, 0.25) is 0 Å². The molecular weight excluding hydrogens is 572 g/mol. The van der Waals surface area contributed by atoms with Crippen molar-refractivity contribution in [2.45, 2.75) is 163 Å². The molecule has 0 aromatic rings. The minimum atomic E-state index is -0.833. The van der Waals surface area contributed by atoms with Crippen LogP contribution in [0, 0.1) is 45.3 Å². The molecule has 0 aliphatic heterocycles. The highest BCUT2D eigenvalue weighted by molar-refractivity contribution is 5.89. The second-order valence-electron chi connectivity index (χ2n) is 16.2. The number of fused-ring (bicyclic) bond motifs is 2. The SMILES string of the molecule is CC.CC(=O)O.CCC(OCCO)OC1CCC23CC24CCC2(C)C(CCCCC(C)(C)O)C(O)C(=O)C2C4CCC3C1(C)C. The predicted molar refractivity (Wildman–Crippen MR) is 175 cm³/mol. The molecule has 5 fully saturated rings. The van der Waals surface area contributed by atoms with Crippen LogP contribution in [0.3, 0.4) is 0 Å². The first-order chi connectivity index (χ1) is 21.0. The van der Waals surface area contributed by atoms with Crippen molar-refractivity contribution in [3.8, 4) is 0 Å². The molecule has 8 nitrogen and oxygen atoms in total. The third-order valence-electron chi connectivity index (χ3n) is 12.9. The van der Waals surface area contributed by atoms with Crippen molar-refractivity contribution in [2.75, 3.05) is 13.2 Å². The van der Waals surface area contributed by atoms with Gasteiger partial charge in [-0.1, -0.05) is 54.4 Å². The molecule has 5 rings (SSSR count). The second kappa shape index (κ2) is 14.6. The standard InChI is InChI=1S/C33H56O6.C2H4O2.C2H6/c1-7-25(38-19-18-34)39-24-13-15-33-20-32(33)17-16-31(6)22(10-8-9-14-29(2,3)37)27(35)28(36)26(31)21(32)11-12-23(33)30(24,4)5;1-2(3)4;1-2/h21-27,34-35,37H,7-20H2,1-6H3;1H3,(H,3,4);1-2H3. The van der Waals surface area contributed by atoms with Crippen LogP contribution in [-0.2, 0) is 19.1 Å². The van der Waals surface area contributed by atoms with E-state index in [1.54, 1.807) is 0 Å². The molecule has 0 aromatic carbocycles. The molecule has 0 radical (unpaired) electrons. The van der Waals surface area contributed by atoms with E-state index in [-0.39, 0.29) is 52.9 Å².